The van der Waals surface area contributed by atoms with E-state index < -0.39 is 11.6 Å². The zero-order valence-electron chi connectivity index (χ0n) is 11.4. The number of amides is 1. The van der Waals surface area contributed by atoms with Crippen LogP contribution >= 0.6 is 0 Å². The molecule has 1 amide bonds. The van der Waals surface area contributed by atoms with E-state index in [2.05, 4.69) is 0 Å². The fraction of sp³-hybridized carbons (Fsp3) is 0.533. The zero-order chi connectivity index (χ0) is 14.5. The highest BCUT2D eigenvalue weighted by Crippen LogP contribution is 2.24. The van der Waals surface area contributed by atoms with Crippen molar-refractivity contribution >= 4 is 5.91 Å². The maximum Gasteiger partial charge on any atom is 0.227 e. The van der Waals surface area contributed by atoms with Crippen molar-refractivity contribution in [3.05, 3.63) is 35.4 Å². The van der Waals surface area contributed by atoms with Crippen LogP contribution in [0.2, 0.25) is 0 Å². The van der Waals surface area contributed by atoms with Gasteiger partial charge in [-0.2, -0.15) is 0 Å². The van der Waals surface area contributed by atoms with Crippen molar-refractivity contribution in [2.24, 2.45) is 5.73 Å². The molecule has 0 unspecified atom stereocenters. The first-order valence-electron chi connectivity index (χ1n) is 7.05. The number of carbonyl (C=O) groups is 1. The molecule has 1 aromatic carbocycles. The van der Waals surface area contributed by atoms with Crippen LogP contribution in [0, 0.1) is 11.6 Å². The van der Waals surface area contributed by atoms with Gasteiger partial charge in [0.05, 0.1) is 6.42 Å². The molecule has 1 fully saturated rings. The fourth-order valence-corrected chi connectivity index (χ4v) is 2.79. The molecule has 0 aromatic heterocycles. The SMILES string of the molecule is NCCN(C(=O)Cc1ccc(F)c(F)c1)C1CCCC1. The molecular formula is C15H20F2N2O. The number of nitrogens with two attached hydrogens (primary N) is 1. The highest BCUT2D eigenvalue weighted by Gasteiger charge is 2.26. The fourth-order valence-electron chi connectivity index (χ4n) is 2.79. The minimum absolute atomic E-state index is 0.0617. The van der Waals surface area contributed by atoms with E-state index in [1.165, 1.54) is 6.07 Å². The van der Waals surface area contributed by atoms with Gasteiger partial charge in [-0.1, -0.05) is 18.9 Å². The Morgan fingerprint density at radius 3 is 2.55 bits per heavy atom. The zero-order valence-corrected chi connectivity index (χ0v) is 11.4. The topological polar surface area (TPSA) is 46.3 Å². The molecule has 2 N–H and O–H groups in total. The molecule has 110 valence electrons. The first-order valence-corrected chi connectivity index (χ1v) is 7.05. The average molecular weight is 282 g/mol. The summed E-state index contributed by atoms with van der Waals surface area (Å²) in [6.07, 6.45) is 4.36. The van der Waals surface area contributed by atoms with Crippen LogP contribution in [0.5, 0.6) is 0 Å². The number of nitrogens with zero attached hydrogens (tertiary/aromatic N) is 1. The van der Waals surface area contributed by atoms with Gasteiger partial charge in [0.25, 0.3) is 0 Å². The Morgan fingerprint density at radius 2 is 1.95 bits per heavy atom. The summed E-state index contributed by atoms with van der Waals surface area (Å²) in [4.78, 5) is 14.1. The average Bonchev–Trinajstić information content (AvgIpc) is 2.94. The van der Waals surface area contributed by atoms with Gasteiger partial charge in [0.2, 0.25) is 5.91 Å². The molecule has 0 spiro atoms. The summed E-state index contributed by atoms with van der Waals surface area (Å²) in [5.74, 6) is -1.87. The number of hydrogen-bond acceptors (Lipinski definition) is 2. The molecule has 3 nitrogen and oxygen atoms in total. The van der Waals surface area contributed by atoms with Gasteiger partial charge < -0.3 is 10.6 Å². The minimum atomic E-state index is -0.915. The second-order valence-electron chi connectivity index (χ2n) is 5.24. The van der Waals surface area contributed by atoms with Crippen LogP contribution < -0.4 is 5.73 Å². The van der Waals surface area contributed by atoms with Gasteiger partial charge in [-0.3, -0.25) is 4.79 Å². The Labute approximate surface area is 117 Å². The molecule has 1 aromatic rings. The molecule has 0 radical (unpaired) electrons. The van der Waals surface area contributed by atoms with Crippen LogP contribution in [-0.4, -0.2) is 29.9 Å². The summed E-state index contributed by atoms with van der Waals surface area (Å²) in [6.45, 7) is 0.938. The third-order valence-electron chi connectivity index (χ3n) is 3.80. The molecule has 0 saturated heterocycles. The van der Waals surface area contributed by atoms with Crippen LogP contribution in [0.15, 0.2) is 18.2 Å². The van der Waals surface area contributed by atoms with Crippen molar-refractivity contribution in [1.29, 1.82) is 0 Å². The number of hydrogen-bond donors (Lipinski definition) is 1. The smallest absolute Gasteiger partial charge is 0.227 e. The second kappa shape index (κ2) is 6.79. The van der Waals surface area contributed by atoms with Crippen LogP contribution in [0.3, 0.4) is 0 Å². The lowest BCUT2D eigenvalue weighted by Gasteiger charge is -2.28. The molecule has 0 bridgehead atoms. The van der Waals surface area contributed by atoms with Crippen molar-refractivity contribution in [3.63, 3.8) is 0 Å². The number of carbonyl (C=O) groups excluding carboxylic acids is 1. The van der Waals surface area contributed by atoms with Crippen molar-refractivity contribution in [2.75, 3.05) is 13.1 Å². The summed E-state index contributed by atoms with van der Waals surface area (Å²) < 4.78 is 26.0. The maximum absolute atomic E-state index is 13.2. The predicted molar refractivity (Wildman–Crippen MR) is 73.1 cm³/mol. The normalized spacial score (nSPS) is 15.6. The number of benzene rings is 1. The Bertz CT molecular complexity index is 473. The van der Waals surface area contributed by atoms with Crippen molar-refractivity contribution < 1.29 is 13.6 Å². The van der Waals surface area contributed by atoms with E-state index in [9.17, 15) is 13.6 Å². The van der Waals surface area contributed by atoms with E-state index in [1.54, 1.807) is 4.90 Å². The molecule has 1 saturated carbocycles. The van der Waals surface area contributed by atoms with E-state index in [1.807, 2.05) is 0 Å². The molecule has 1 aliphatic carbocycles. The van der Waals surface area contributed by atoms with E-state index in [4.69, 9.17) is 5.73 Å². The summed E-state index contributed by atoms with van der Waals surface area (Å²) in [5, 5.41) is 0. The highest BCUT2D eigenvalue weighted by atomic mass is 19.2. The lowest BCUT2D eigenvalue weighted by molar-refractivity contribution is -0.132. The minimum Gasteiger partial charge on any atom is -0.338 e. The summed E-state index contributed by atoms with van der Waals surface area (Å²) in [5.41, 5.74) is 6.06. The second-order valence-corrected chi connectivity index (χ2v) is 5.24. The van der Waals surface area contributed by atoms with Crippen molar-refractivity contribution in [1.82, 2.24) is 4.90 Å². The van der Waals surface area contributed by atoms with Gasteiger partial charge in [-0.05, 0) is 30.5 Å². The third-order valence-corrected chi connectivity index (χ3v) is 3.80. The molecule has 1 aliphatic rings. The Balaban J connectivity index is 2.05. The monoisotopic (exact) mass is 282 g/mol. The molecular weight excluding hydrogens is 262 g/mol. The molecule has 0 heterocycles. The Kier molecular flexibility index (Phi) is 5.06. The lowest BCUT2D eigenvalue weighted by atomic mass is 10.1. The Morgan fingerprint density at radius 1 is 1.25 bits per heavy atom. The third kappa shape index (κ3) is 3.54. The molecule has 5 heteroatoms. The number of halogens is 2. The van der Waals surface area contributed by atoms with E-state index in [0.29, 0.717) is 18.7 Å². The van der Waals surface area contributed by atoms with Gasteiger partial charge in [0.1, 0.15) is 0 Å². The Hall–Kier alpha value is -1.49. The largest absolute Gasteiger partial charge is 0.338 e. The molecule has 2 rings (SSSR count). The van der Waals surface area contributed by atoms with Crippen LogP contribution in [0.25, 0.3) is 0 Å². The quantitative estimate of drug-likeness (QED) is 0.900. The summed E-state index contributed by atoms with van der Waals surface area (Å²) in [7, 11) is 0. The van der Waals surface area contributed by atoms with E-state index >= 15 is 0 Å². The molecule has 20 heavy (non-hydrogen) atoms. The molecule has 0 atom stereocenters. The van der Waals surface area contributed by atoms with Crippen molar-refractivity contribution in [2.45, 2.75) is 38.1 Å². The van der Waals surface area contributed by atoms with Crippen LogP contribution in [-0.2, 0) is 11.2 Å². The number of rotatable bonds is 5. The predicted octanol–water partition coefficient (Wildman–Crippen LogP) is 2.24. The molecule has 0 aliphatic heterocycles. The summed E-state index contributed by atoms with van der Waals surface area (Å²) >= 11 is 0. The van der Waals surface area contributed by atoms with Crippen LogP contribution in [0.1, 0.15) is 31.2 Å². The van der Waals surface area contributed by atoms with Crippen molar-refractivity contribution in [3.8, 4) is 0 Å². The van der Waals surface area contributed by atoms with Gasteiger partial charge in [-0.15, -0.1) is 0 Å². The lowest BCUT2D eigenvalue weighted by Crippen LogP contribution is -2.42. The van der Waals surface area contributed by atoms with E-state index in [-0.39, 0.29) is 18.4 Å². The van der Waals surface area contributed by atoms with Gasteiger partial charge in [0, 0.05) is 19.1 Å². The van der Waals surface area contributed by atoms with Gasteiger partial charge in [-0.25, -0.2) is 8.78 Å². The van der Waals surface area contributed by atoms with Gasteiger partial charge >= 0.3 is 0 Å². The first kappa shape index (κ1) is 14.9. The van der Waals surface area contributed by atoms with E-state index in [0.717, 1.165) is 37.8 Å². The standard InChI is InChI=1S/C15H20F2N2O/c16-13-6-5-11(9-14(13)17)10-15(20)19(8-7-18)12-3-1-2-4-12/h5-6,9,12H,1-4,7-8,10,18H2. The first-order chi connectivity index (χ1) is 9.61. The van der Waals surface area contributed by atoms with Gasteiger partial charge in [0.15, 0.2) is 11.6 Å². The summed E-state index contributed by atoms with van der Waals surface area (Å²) in [6, 6.07) is 3.84. The highest BCUT2D eigenvalue weighted by molar-refractivity contribution is 5.79. The van der Waals surface area contributed by atoms with Crippen LogP contribution in [0.4, 0.5) is 8.78 Å². The maximum atomic E-state index is 13.2.